The summed E-state index contributed by atoms with van der Waals surface area (Å²) in [4.78, 5) is 2.67. The monoisotopic (exact) mass is 600 g/mol. The fourth-order valence-electron chi connectivity index (χ4n) is 6.56. The fourth-order valence-corrected chi connectivity index (χ4v) is 6.56. The topological polar surface area (TPSA) is 144 Å². The summed E-state index contributed by atoms with van der Waals surface area (Å²) in [7, 11) is 1.00. The first-order valence-corrected chi connectivity index (χ1v) is 16.0. The zero-order chi connectivity index (χ0) is 31.4. The van der Waals surface area contributed by atoms with Gasteiger partial charge in [-0.15, -0.1) is 0 Å². The van der Waals surface area contributed by atoms with E-state index in [1.807, 2.05) is 13.8 Å². The molecular formula is C34H56N4O5. The third-order valence-corrected chi connectivity index (χ3v) is 9.10. The summed E-state index contributed by atoms with van der Waals surface area (Å²) in [5, 5.41) is 38.8. The zero-order valence-corrected chi connectivity index (χ0v) is 26.8. The summed E-state index contributed by atoms with van der Waals surface area (Å²) in [6, 6.07) is 6.44. The molecule has 4 rings (SSSR count). The first-order valence-electron chi connectivity index (χ1n) is 16.0. The lowest BCUT2D eigenvalue weighted by molar-refractivity contribution is -0.190. The average molecular weight is 601 g/mol. The number of rotatable bonds is 10. The quantitative estimate of drug-likeness (QED) is 0.176. The van der Waals surface area contributed by atoms with Gasteiger partial charge in [-0.25, -0.2) is 0 Å². The largest absolute Gasteiger partial charge is 0.448 e. The van der Waals surface area contributed by atoms with Gasteiger partial charge in [0.1, 0.15) is 0 Å². The third-order valence-electron chi connectivity index (χ3n) is 9.10. The molecule has 3 saturated heterocycles. The Labute approximate surface area is 258 Å². The molecule has 0 aliphatic carbocycles. The van der Waals surface area contributed by atoms with Crippen molar-refractivity contribution in [1.82, 2.24) is 10.2 Å². The molecule has 0 radical (unpaired) electrons. The highest BCUT2D eigenvalue weighted by Gasteiger charge is 2.36. The molecule has 3 atom stereocenters. The number of likely N-dealkylation sites (tertiary alicyclic amines) is 1. The maximum absolute atomic E-state index is 10.1. The molecule has 1 aromatic rings. The highest BCUT2D eigenvalue weighted by atomic mass is 16.7. The Bertz CT molecular complexity index is 1080. The van der Waals surface area contributed by atoms with Gasteiger partial charge in [-0.3, -0.25) is 5.41 Å². The maximum atomic E-state index is 10.1. The summed E-state index contributed by atoms with van der Waals surface area (Å²) in [5.74, 6) is 0.00317. The number of benzene rings is 1. The van der Waals surface area contributed by atoms with Crippen molar-refractivity contribution in [2.75, 3.05) is 46.4 Å². The van der Waals surface area contributed by atoms with Crippen LogP contribution in [0.15, 0.2) is 35.5 Å². The van der Waals surface area contributed by atoms with Gasteiger partial charge in [0.25, 0.3) is 0 Å². The van der Waals surface area contributed by atoms with Crippen molar-refractivity contribution in [3.63, 3.8) is 0 Å². The van der Waals surface area contributed by atoms with Crippen LogP contribution in [0, 0.1) is 23.7 Å². The lowest BCUT2D eigenvalue weighted by Crippen LogP contribution is -2.48. The van der Waals surface area contributed by atoms with Gasteiger partial charge in [0, 0.05) is 50.7 Å². The van der Waals surface area contributed by atoms with E-state index in [1.165, 1.54) is 57.4 Å². The molecule has 3 aliphatic heterocycles. The van der Waals surface area contributed by atoms with Crippen molar-refractivity contribution in [1.29, 1.82) is 5.41 Å². The lowest BCUT2D eigenvalue weighted by Gasteiger charge is -2.45. The molecule has 1 spiro atoms. The van der Waals surface area contributed by atoms with E-state index in [2.05, 4.69) is 47.5 Å². The molecule has 0 bridgehead atoms. The second kappa shape index (κ2) is 17.3. The smallest absolute Gasteiger partial charge is 0.213 e. The van der Waals surface area contributed by atoms with Crippen LogP contribution in [0.5, 0.6) is 0 Å². The molecule has 7 N–H and O–H groups in total. The number of allylic oxidation sites excluding steroid dienone is 1. The van der Waals surface area contributed by atoms with Crippen LogP contribution in [0.25, 0.3) is 6.08 Å². The number of hydrogen-bond donors (Lipinski definition) is 6. The minimum atomic E-state index is -0.790. The molecule has 1 aromatic carbocycles. The molecule has 3 heterocycles. The number of nitrogens with zero attached hydrogens (tertiary/aromatic N) is 1. The summed E-state index contributed by atoms with van der Waals surface area (Å²) < 4.78 is 11.6. The summed E-state index contributed by atoms with van der Waals surface area (Å²) in [5.41, 5.74) is 11.7. The SMILES string of the molecule is CO.Cc1cc(/C=C/CCN2CCCC3(CCNCC3)C2)ccc1C/C(C(=N)OC1CC(O)CC(CO)O1)=C(/N)C(C)C. The Balaban J connectivity index is 0.00000248. The minimum absolute atomic E-state index is 0.0423. The van der Waals surface area contributed by atoms with Crippen molar-refractivity contribution in [2.24, 2.45) is 17.1 Å². The summed E-state index contributed by atoms with van der Waals surface area (Å²) in [6.45, 7) is 11.8. The molecule has 9 nitrogen and oxygen atoms in total. The number of aliphatic hydroxyl groups is 3. The molecule has 0 amide bonds. The van der Waals surface area contributed by atoms with Crippen LogP contribution < -0.4 is 11.1 Å². The summed E-state index contributed by atoms with van der Waals surface area (Å²) >= 11 is 0. The van der Waals surface area contributed by atoms with Crippen molar-refractivity contribution >= 4 is 12.0 Å². The summed E-state index contributed by atoms with van der Waals surface area (Å²) in [6.07, 6.45) is 10.1. The number of aliphatic hydroxyl groups excluding tert-OH is 3. The molecule has 43 heavy (non-hydrogen) atoms. The number of nitrogens with two attached hydrogens (primary N) is 1. The van der Waals surface area contributed by atoms with Gasteiger partial charge in [0.2, 0.25) is 12.2 Å². The number of aryl methyl sites for hydroxylation is 1. The first-order chi connectivity index (χ1) is 20.7. The van der Waals surface area contributed by atoms with Crippen LogP contribution in [0.4, 0.5) is 0 Å². The number of hydrogen-bond acceptors (Lipinski definition) is 9. The van der Waals surface area contributed by atoms with Crippen molar-refractivity contribution in [3.8, 4) is 0 Å². The van der Waals surface area contributed by atoms with E-state index in [1.54, 1.807) is 0 Å². The molecule has 3 unspecified atom stereocenters. The van der Waals surface area contributed by atoms with Crippen LogP contribution in [0.3, 0.4) is 0 Å². The van der Waals surface area contributed by atoms with E-state index in [0.717, 1.165) is 31.2 Å². The lowest BCUT2D eigenvalue weighted by atomic mass is 9.73. The van der Waals surface area contributed by atoms with Gasteiger partial charge >= 0.3 is 0 Å². The minimum Gasteiger partial charge on any atom is -0.448 e. The number of nitrogens with one attached hydrogen (secondary N) is 2. The zero-order valence-electron chi connectivity index (χ0n) is 26.8. The average Bonchev–Trinajstić information content (AvgIpc) is 2.99. The van der Waals surface area contributed by atoms with Crippen molar-refractivity contribution < 1.29 is 24.8 Å². The predicted molar refractivity (Wildman–Crippen MR) is 173 cm³/mol. The Hall–Kier alpha value is -2.27. The molecular weight excluding hydrogens is 544 g/mol. The van der Waals surface area contributed by atoms with Crippen LogP contribution in [-0.2, 0) is 15.9 Å². The van der Waals surface area contributed by atoms with E-state index in [4.69, 9.17) is 25.7 Å². The molecule has 242 valence electrons. The Kier molecular flexibility index (Phi) is 14.1. The van der Waals surface area contributed by atoms with Crippen LogP contribution in [0.2, 0.25) is 0 Å². The predicted octanol–water partition coefficient (Wildman–Crippen LogP) is 3.74. The Morgan fingerprint density at radius 3 is 2.65 bits per heavy atom. The second-order valence-electron chi connectivity index (χ2n) is 12.7. The van der Waals surface area contributed by atoms with Crippen LogP contribution in [0.1, 0.15) is 75.5 Å². The molecule has 0 aromatic heterocycles. The number of piperidine rings is 2. The van der Waals surface area contributed by atoms with E-state index in [0.29, 0.717) is 29.5 Å². The fraction of sp³-hybridized carbons (Fsp3) is 0.676. The molecule has 9 heteroatoms. The standard InChI is InChI=1S/C33H52N4O4.CH4O/c1-23(2)31(34)29(32(35)41-30-20-27(39)19-28(21-38)40-30)18-26-9-8-25(17-24(26)3)7-4-5-15-37-16-6-10-33(22-37)11-13-36-14-12-33;1-2/h4,7-9,17,23,27-28,30,35-36,38-39H,5-6,10-16,18-22,34H2,1-3H3;2H,1H3/b7-4+,31-29-,35-32?;. The number of ether oxygens (including phenoxy) is 2. The first kappa shape index (κ1) is 35.2. The van der Waals surface area contributed by atoms with E-state index in [9.17, 15) is 10.2 Å². The van der Waals surface area contributed by atoms with Crippen molar-refractivity contribution in [2.45, 2.75) is 90.6 Å². The van der Waals surface area contributed by atoms with E-state index < -0.39 is 18.5 Å². The van der Waals surface area contributed by atoms with Gasteiger partial charge < -0.3 is 40.7 Å². The highest BCUT2D eigenvalue weighted by molar-refractivity contribution is 5.92. The van der Waals surface area contributed by atoms with Gasteiger partial charge in [-0.2, -0.15) is 0 Å². The van der Waals surface area contributed by atoms with Crippen molar-refractivity contribution in [3.05, 3.63) is 52.2 Å². The van der Waals surface area contributed by atoms with Crippen LogP contribution >= 0.6 is 0 Å². The Morgan fingerprint density at radius 1 is 1.23 bits per heavy atom. The van der Waals surface area contributed by atoms with Gasteiger partial charge in [0.05, 0.1) is 18.8 Å². The van der Waals surface area contributed by atoms with Gasteiger partial charge in [-0.05, 0) is 86.7 Å². The molecule has 3 fully saturated rings. The van der Waals surface area contributed by atoms with Gasteiger partial charge in [0.15, 0.2) is 0 Å². The van der Waals surface area contributed by atoms with Crippen LogP contribution in [-0.4, -0.2) is 91.1 Å². The highest BCUT2D eigenvalue weighted by Crippen LogP contribution is 2.38. The van der Waals surface area contributed by atoms with E-state index >= 15 is 0 Å². The van der Waals surface area contributed by atoms with Gasteiger partial charge in [-0.1, -0.05) is 44.2 Å². The third kappa shape index (κ3) is 10.4. The molecule has 0 saturated carbocycles. The maximum Gasteiger partial charge on any atom is 0.213 e. The second-order valence-corrected chi connectivity index (χ2v) is 12.7. The molecule has 3 aliphatic rings. The normalized spacial score (nSPS) is 24.9. The Morgan fingerprint density at radius 2 is 1.98 bits per heavy atom. The van der Waals surface area contributed by atoms with E-state index in [-0.39, 0.29) is 24.8 Å².